The number of rotatable bonds is 6. The van der Waals surface area contributed by atoms with E-state index in [-0.39, 0.29) is 0 Å². The van der Waals surface area contributed by atoms with E-state index in [9.17, 15) is 9.90 Å². The van der Waals surface area contributed by atoms with E-state index in [0.717, 1.165) is 18.4 Å². The minimum absolute atomic E-state index is 0.389. The number of hydrogen-bond acceptors (Lipinski definition) is 2. The van der Waals surface area contributed by atoms with Crippen LogP contribution in [-0.4, -0.2) is 22.3 Å². The van der Waals surface area contributed by atoms with Gasteiger partial charge in [0.1, 0.15) is 0 Å². The smallest absolute Gasteiger partial charge is 0.308 e. The van der Waals surface area contributed by atoms with Crippen LogP contribution in [0.25, 0.3) is 0 Å². The zero-order valence-electron chi connectivity index (χ0n) is 10.4. The van der Waals surface area contributed by atoms with Gasteiger partial charge in [0, 0.05) is 0 Å². The maximum atomic E-state index is 10.7. The van der Waals surface area contributed by atoms with Gasteiger partial charge in [-0.1, -0.05) is 37.6 Å². The van der Waals surface area contributed by atoms with Gasteiger partial charge in [-0.25, -0.2) is 0 Å². The van der Waals surface area contributed by atoms with Gasteiger partial charge < -0.3 is 10.2 Å². The van der Waals surface area contributed by atoms with Gasteiger partial charge in [-0.3, -0.25) is 4.79 Å². The van der Waals surface area contributed by atoms with Gasteiger partial charge in [0.25, 0.3) is 0 Å². The monoisotopic (exact) mass is 236 g/mol. The summed E-state index contributed by atoms with van der Waals surface area (Å²) in [5.74, 6) is -1.69. The van der Waals surface area contributed by atoms with Crippen LogP contribution in [0.15, 0.2) is 24.3 Å². The largest absolute Gasteiger partial charge is 0.481 e. The Morgan fingerprint density at radius 1 is 1.24 bits per heavy atom. The van der Waals surface area contributed by atoms with Crippen molar-refractivity contribution in [2.75, 3.05) is 0 Å². The van der Waals surface area contributed by atoms with Crippen molar-refractivity contribution in [3.8, 4) is 0 Å². The lowest BCUT2D eigenvalue weighted by Gasteiger charge is -2.14. The van der Waals surface area contributed by atoms with Crippen molar-refractivity contribution in [1.29, 1.82) is 0 Å². The topological polar surface area (TPSA) is 57.5 Å². The maximum absolute atomic E-state index is 10.7. The lowest BCUT2D eigenvalue weighted by molar-refractivity contribution is -0.144. The number of aliphatic carboxylic acids is 1. The van der Waals surface area contributed by atoms with Crippen LogP contribution in [0.2, 0.25) is 0 Å². The van der Waals surface area contributed by atoms with E-state index in [1.807, 2.05) is 24.3 Å². The van der Waals surface area contributed by atoms with Crippen LogP contribution in [0.1, 0.15) is 31.4 Å². The first-order chi connectivity index (χ1) is 8.04. The van der Waals surface area contributed by atoms with Gasteiger partial charge in [0.05, 0.1) is 12.0 Å². The van der Waals surface area contributed by atoms with E-state index in [1.54, 1.807) is 0 Å². The number of carboxylic acid groups (broad SMARTS) is 1. The van der Waals surface area contributed by atoms with E-state index in [2.05, 4.69) is 6.92 Å². The molecule has 0 aliphatic rings. The second kappa shape index (κ2) is 6.40. The molecule has 0 aromatic heterocycles. The molecule has 0 spiro atoms. The number of benzene rings is 1. The zero-order chi connectivity index (χ0) is 12.8. The van der Waals surface area contributed by atoms with Crippen molar-refractivity contribution in [3.05, 3.63) is 35.4 Å². The molecule has 1 aromatic carbocycles. The molecule has 0 aliphatic carbocycles. The van der Waals surface area contributed by atoms with Crippen molar-refractivity contribution in [3.63, 3.8) is 0 Å². The molecule has 3 nitrogen and oxygen atoms in total. The molecule has 0 saturated heterocycles. The molecule has 0 bridgehead atoms. The number of carbonyl (C=O) groups is 1. The summed E-state index contributed by atoms with van der Waals surface area (Å²) in [6, 6.07) is 8.00. The fourth-order valence-electron chi connectivity index (χ4n) is 1.71. The molecule has 0 heterocycles. The molecule has 2 atom stereocenters. The number of carboxylic acids is 1. The van der Waals surface area contributed by atoms with E-state index < -0.39 is 18.0 Å². The molecule has 1 aromatic rings. The highest BCUT2D eigenvalue weighted by atomic mass is 16.4. The SMILES string of the molecule is CCCc1ccc(CC(O)C(C)C(=O)O)cc1. The summed E-state index contributed by atoms with van der Waals surface area (Å²) in [5, 5.41) is 18.5. The number of aliphatic hydroxyl groups is 1. The summed E-state index contributed by atoms with van der Waals surface area (Å²) in [5.41, 5.74) is 2.25. The summed E-state index contributed by atoms with van der Waals surface area (Å²) in [6.45, 7) is 3.66. The molecular weight excluding hydrogens is 216 g/mol. The second-order valence-electron chi connectivity index (χ2n) is 4.46. The maximum Gasteiger partial charge on any atom is 0.308 e. The van der Waals surface area contributed by atoms with Crippen molar-refractivity contribution in [2.24, 2.45) is 5.92 Å². The minimum atomic E-state index is -0.958. The Bertz CT molecular complexity index is 356. The molecular formula is C14H20O3. The third-order valence-electron chi connectivity index (χ3n) is 2.97. The summed E-state index contributed by atoms with van der Waals surface area (Å²) >= 11 is 0. The Morgan fingerprint density at radius 3 is 2.24 bits per heavy atom. The second-order valence-corrected chi connectivity index (χ2v) is 4.46. The highest BCUT2D eigenvalue weighted by Crippen LogP contribution is 2.13. The minimum Gasteiger partial charge on any atom is -0.481 e. The predicted octanol–water partition coefficient (Wildman–Crippen LogP) is 2.26. The van der Waals surface area contributed by atoms with Gasteiger partial charge in [0.15, 0.2) is 0 Å². The Kier molecular flexibility index (Phi) is 5.16. The Hall–Kier alpha value is -1.35. The molecule has 0 radical (unpaired) electrons. The first-order valence-corrected chi connectivity index (χ1v) is 6.03. The molecule has 0 fully saturated rings. The van der Waals surface area contributed by atoms with Crippen LogP contribution >= 0.6 is 0 Å². The van der Waals surface area contributed by atoms with Gasteiger partial charge in [-0.15, -0.1) is 0 Å². The molecule has 3 heteroatoms. The Morgan fingerprint density at radius 2 is 1.76 bits per heavy atom. The van der Waals surface area contributed by atoms with Gasteiger partial charge in [-0.05, 0) is 30.9 Å². The third-order valence-corrected chi connectivity index (χ3v) is 2.97. The summed E-state index contributed by atoms with van der Waals surface area (Å²) in [7, 11) is 0. The van der Waals surface area contributed by atoms with Crippen LogP contribution in [0, 0.1) is 5.92 Å². The molecule has 1 rings (SSSR count). The van der Waals surface area contributed by atoms with E-state index in [1.165, 1.54) is 12.5 Å². The fraction of sp³-hybridized carbons (Fsp3) is 0.500. The summed E-state index contributed by atoms with van der Waals surface area (Å²) in [4.78, 5) is 10.7. The fourth-order valence-corrected chi connectivity index (χ4v) is 1.71. The molecule has 17 heavy (non-hydrogen) atoms. The molecule has 2 unspecified atom stereocenters. The first kappa shape index (κ1) is 13.7. The molecule has 0 amide bonds. The highest BCUT2D eigenvalue weighted by molar-refractivity contribution is 5.70. The van der Waals surface area contributed by atoms with Crippen LogP contribution in [-0.2, 0) is 17.6 Å². The first-order valence-electron chi connectivity index (χ1n) is 6.03. The summed E-state index contributed by atoms with van der Waals surface area (Å²) in [6.07, 6.45) is 1.72. The van der Waals surface area contributed by atoms with Gasteiger partial charge in [-0.2, -0.15) is 0 Å². The Labute approximate surface area is 102 Å². The van der Waals surface area contributed by atoms with E-state index in [4.69, 9.17) is 5.11 Å². The molecule has 0 aliphatic heterocycles. The molecule has 2 N–H and O–H groups in total. The quantitative estimate of drug-likeness (QED) is 0.796. The number of aliphatic hydroxyl groups excluding tert-OH is 1. The van der Waals surface area contributed by atoms with E-state index in [0.29, 0.717) is 6.42 Å². The summed E-state index contributed by atoms with van der Waals surface area (Å²) < 4.78 is 0. The van der Waals surface area contributed by atoms with Crippen molar-refractivity contribution in [2.45, 2.75) is 39.2 Å². The number of aryl methyl sites for hydroxylation is 1. The normalized spacial score (nSPS) is 14.3. The third kappa shape index (κ3) is 4.19. The molecule has 0 saturated carbocycles. The standard InChI is InChI=1S/C14H20O3/c1-3-4-11-5-7-12(8-6-11)9-13(15)10(2)14(16)17/h5-8,10,13,15H,3-4,9H2,1-2H3,(H,16,17). The van der Waals surface area contributed by atoms with Crippen LogP contribution in [0.4, 0.5) is 0 Å². The highest BCUT2D eigenvalue weighted by Gasteiger charge is 2.21. The van der Waals surface area contributed by atoms with Gasteiger partial charge >= 0.3 is 5.97 Å². The van der Waals surface area contributed by atoms with Crippen molar-refractivity contribution in [1.82, 2.24) is 0 Å². The zero-order valence-corrected chi connectivity index (χ0v) is 10.4. The number of hydrogen-bond donors (Lipinski definition) is 2. The van der Waals surface area contributed by atoms with Crippen LogP contribution < -0.4 is 0 Å². The van der Waals surface area contributed by atoms with Crippen molar-refractivity contribution >= 4 is 5.97 Å². The Balaban J connectivity index is 2.59. The predicted molar refractivity (Wildman–Crippen MR) is 66.9 cm³/mol. The average molecular weight is 236 g/mol. The van der Waals surface area contributed by atoms with Crippen LogP contribution in [0.5, 0.6) is 0 Å². The van der Waals surface area contributed by atoms with Crippen molar-refractivity contribution < 1.29 is 15.0 Å². The lowest BCUT2D eigenvalue weighted by Crippen LogP contribution is -2.27. The van der Waals surface area contributed by atoms with E-state index >= 15 is 0 Å². The van der Waals surface area contributed by atoms with Gasteiger partial charge in [0.2, 0.25) is 0 Å². The average Bonchev–Trinajstić information content (AvgIpc) is 2.30. The molecule has 94 valence electrons. The van der Waals surface area contributed by atoms with Crippen LogP contribution in [0.3, 0.4) is 0 Å². The lowest BCUT2D eigenvalue weighted by atomic mass is 9.97.